The summed E-state index contributed by atoms with van der Waals surface area (Å²) < 4.78 is 56.2. The molecule has 3 fully saturated rings. The summed E-state index contributed by atoms with van der Waals surface area (Å²) in [7, 11) is -4.11. The van der Waals surface area contributed by atoms with Gasteiger partial charge in [0.25, 0.3) is 5.91 Å². The lowest BCUT2D eigenvalue weighted by Gasteiger charge is -2.35. The first-order chi connectivity index (χ1) is 28.3. The van der Waals surface area contributed by atoms with Gasteiger partial charge in [-0.2, -0.15) is 15.0 Å². The summed E-state index contributed by atoms with van der Waals surface area (Å²) >= 11 is 1.38. The van der Waals surface area contributed by atoms with E-state index < -0.39 is 80.8 Å². The molecule has 3 amide bonds. The molecule has 1 saturated heterocycles. The zero-order valence-electron chi connectivity index (χ0n) is 34.2. The highest BCUT2D eigenvalue weighted by Crippen LogP contribution is 2.49. The molecule has 2 aliphatic carbocycles. The first-order valence-electron chi connectivity index (χ1n) is 20.3. The van der Waals surface area contributed by atoms with Crippen molar-refractivity contribution in [2.45, 2.75) is 108 Å². The number of rotatable bonds is 7. The Morgan fingerprint density at radius 3 is 2.38 bits per heavy atom. The van der Waals surface area contributed by atoms with Gasteiger partial charge in [0.1, 0.15) is 29.0 Å². The van der Waals surface area contributed by atoms with Crippen LogP contribution >= 0.6 is 11.3 Å². The summed E-state index contributed by atoms with van der Waals surface area (Å²) in [6, 6.07) is 14.7. The van der Waals surface area contributed by atoms with E-state index in [4.69, 9.17) is 15.2 Å². The molecule has 5 atom stereocenters. The van der Waals surface area contributed by atoms with Crippen molar-refractivity contribution in [2.24, 2.45) is 16.7 Å². The average Bonchev–Trinajstić information content (AvgIpc) is 4.01. The summed E-state index contributed by atoms with van der Waals surface area (Å²) in [5.74, 6) is -4.12. The van der Waals surface area contributed by atoms with Gasteiger partial charge in [-0.05, 0) is 54.6 Å². The molecule has 17 heteroatoms. The number of fused-ring (bicyclic) bond motifs is 10. The van der Waals surface area contributed by atoms with E-state index in [2.05, 4.69) is 36.6 Å². The third kappa shape index (κ3) is 8.47. The quantitative estimate of drug-likeness (QED) is 0.189. The number of carbonyl (C=O) groups excluding carboxylic acids is 3. The Morgan fingerprint density at radius 2 is 1.72 bits per heavy atom. The highest BCUT2D eigenvalue weighted by atomic mass is 32.2. The number of amides is 3. The molecule has 0 spiro atoms. The lowest BCUT2D eigenvalue weighted by Crippen LogP contribution is -2.59. The van der Waals surface area contributed by atoms with Gasteiger partial charge >= 0.3 is 0 Å². The van der Waals surface area contributed by atoms with Crippen LogP contribution in [-0.2, 0) is 30.8 Å². The normalized spacial score (nSPS) is 25.9. The van der Waals surface area contributed by atoms with Crippen LogP contribution in [0.25, 0.3) is 28.6 Å². The fourth-order valence-electron chi connectivity index (χ4n) is 8.24. The minimum atomic E-state index is -4.11. The molecule has 4 aromatic rings. The number of carbonyl (C=O) groups is 3. The molecule has 4 heterocycles. The number of sulfonamides is 1. The van der Waals surface area contributed by atoms with Crippen LogP contribution in [0.3, 0.4) is 0 Å². The van der Waals surface area contributed by atoms with Gasteiger partial charge in [0.05, 0.1) is 22.9 Å². The number of nitrogens with zero attached hydrogens (tertiary/aromatic N) is 5. The second-order valence-electron chi connectivity index (χ2n) is 18.4. The molecule has 2 aromatic carbocycles. The molecule has 2 saturated carbocycles. The minimum absolute atomic E-state index is 0.0204. The Balaban J connectivity index is 1.21. The number of hydrogen-bond donors (Lipinski definition) is 3. The van der Waals surface area contributed by atoms with E-state index in [-0.39, 0.29) is 18.4 Å². The number of alkyl halides is 2. The molecule has 0 unspecified atom stereocenters. The maximum absolute atomic E-state index is 15.0. The van der Waals surface area contributed by atoms with Crippen molar-refractivity contribution in [1.82, 2.24) is 34.9 Å². The Kier molecular flexibility index (Phi) is 10.7. The van der Waals surface area contributed by atoms with Crippen LogP contribution in [0, 0.1) is 16.7 Å². The van der Waals surface area contributed by atoms with Crippen molar-refractivity contribution in [3.8, 4) is 22.5 Å². The van der Waals surface area contributed by atoms with Gasteiger partial charge in [-0.1, -0.05) is 95.3 Å². The van der Waals surface area contributed by atoms with Gasteiger partial charge in [0, 0.05) is 29.5 Å². The van der Waals surface area contributed by atoms with Crippen LogP contribution < -0.4 is 15.4 Å². The Morgan fingerprint density at radius 1 is 1.02 bits per heavy atom. The molecule has 8 rings (SSSR count). The van der Waals surface area contributed by atoms with Crippen LogP contribution in [0.4, 0.5) is 13.9 Å². The molecule has 3 N–H and O–H groups in total. The van der Waals surface area contributed by atoms with E-state index in [0.29, 0.717) is 35.8 Å². The first-order valence-corrected chi connectivity index (χ1v) is 22.7. The maximum Gasteiger partial charge on any atom is 0.259 e. The first kappa shape index (κ1) is 41.7. The minimum Gasteiger partial charge on any atom is -0.349 e. The summed E-state index contributed by atoms with van der Waals surface area (Å²) in [5.41, 5.74) is 1.62. The number of halogens is 2. The lowest BCUT2D eigenvalue weighted by atomic mass is 9.84. The number of allylic oxidation sites excluding steroid dienone is 1. The molecule has 60 heavy (non-hydrogen) atoms. The van der Waals surface area contributed by atoms with Crippen molar-refractivity contribution in [1.29, 1.82) is 0 Å². The van der Waals surface area contributed by atoms with Crippen LogP contribution in [-0.4, -0.2) is 86.9 Å². The van der Waals surface area contributed by atoms with E-state index in [1.807, 2.05) is 85.5 Å². The van der Waals surface area contributed by atoms with E-state index in [0.717, 1.165) is 28.8 Å². The fraction of sp³-hybridized carbons (Fsp3) is 0.488. The molecule has 8 bridgehead atoms. The third-order valence-corrected chi connectivity index (χ3v) is 14.5. The van der Waals surface area contributed by atoms with E-state index in [1.165, 1.54) is 21.0 Å². The van der Waals surface area contributed by atoms with Crippen LogP contribution in [0.2, 0.25) is 0 Å². The van der Waals surface area contributed by atoms with Gasteiger partial charge in [0.2, 0.25) is 28.3 Å². The standard InChI is InChI=1S/C43H50F2N8O5S2/c1-41(2,3)35-38(55)52-23-29(20-32(52)37(54)48-43(22-31(43)36(44)45)39(56)51-60(57,58)30-16-17-30)53-49-33(26-13-7-6-8-14-26)34(50-53)27-15-9-11-25(19-27)12-10-18-42(4,5)21-28-24-59-40(46-28)47-35/h6-15,19,24,29-32,35-36H,16-18,20-23H2,1-5H3,(H,46,47)(H,48,54)(H,51,56)/b12-10+/t29-,31+,32+,35-,43-/m1/s1. The second kappa shape index (κ2) is 15.5. The molecule has 4 aliphatic rings. The average molecular weight is 861 g/mol. The van der Waals surface area contributed by atoms with E-state index >= 15 is 4.79 Å². The number of hydrogen-bond acceptors (Lipinski definition) is 10. The van der Waals surface area contributed by atoms with E-state index in [9.17, 15) is 26.8 Å². The summed E-state index contributed by atoms with van der Waals surface area (Å²) in [5, 5.41) is 17.6. The SMILES string of the molecule is CC1(C)C/C=C/c2cccc(c2)-c2nn(nc2-c2ccccc2)[C@@H]2C[C@@H](C(=O)N[C@]3(C(=O)NS(=O)(=O)C4CC4)C[C@H]3C(F)F)N(C2)C(=O)[C@H](C(C)(C)C)Nc2nc(cs2)C1. The van der Waals surface area contributed by atoms with Crippen LogP contribution in [0.15, 0.2) is 66.1 Å². The maximum atomic E-state index is 15.0. The molecular formula is C43H50F2N8O5S2. The van der Waals surface area contributed by atoms with Crippen molar-refractivity contribution in [2.75, 3.05) is 11.9 Å². The molecule has 0 radical (unpaired) electrons. The number of aromatic nitrogens is 4. The van der Waals surface area contributed by atoms with Crippen molar-refractivity contribution in [3.63, 3.8) is 0 Å². The predicted molar refractivity (Wildman–Crippen MR) is 225 cm³/mol. The van der Waals surface area contributed by atoms with Crippen molar-refractivity contribution >= 4 is 50.3 Å². The smallest absolute Gasteiger partial charge is 0.259 e. The largest absolute Gasteiger partial charge is 0.349 e. The lowest BCUT2D eigenvalue weighted by molar-refractivity contribution is -0.141. The summed E-state index contributed by atoms with van der Waals surface area (Å²) in [6.45, 7) is 10.0. The van der Waals surface area contributed by atoms with Gasteiger partial charge < -0.3 is 15.5 Å². The van der Waals surface area contributed by atoms with Gasteiger partial charge in [0.15, 0.2) is 5.13 Å². The van der Waals surface area contributed by atoms with E-state index in [1.54, 1.807) is 0 Å². The third-order valence-electron chi connectivity index (χ3n) is 11.9. The molecule has 2 aromatic heterocycles. The number of anilines is 1. The van der Waals surface area contributed by atoms with Crippen LogP contribution in [0.1, 0.15) is 84.0 Å². The molecular weight excluding hydrogens is 811 g/mol. The molecule has 13 nitrogen and oxygen atoms in total. The van der Waals surface area contributed by atoms with Gasteiger partial charge in [-0.25, -0.2) is 22.2 Å². The fourth-order valence-corrected chi connectivity index (χ4v) is 10.3. The summed E-state index contributed by atoms with van der Waals surface area (Å²) in [4.78, 5) is 50.9. The Bertz CT molecular complexity index is 2440. The second-order valence-corrected chi connectivity index (χ2v) is 21.2. The number of benzene rings is 2. The van der Waals surface area contributed by atoms with Gasteiger partial charge in [-0.15, -0.1) is 11.3 Å². The summed E-state index contributed by atoms with van der Waals surface area (Å²) in [6.07, 6.45) is 2.92. The topological polar surface area (TPSA) is 168 Å². The predicted octanol–water partition coefficient (Wildman–Crippen LogP) is 6.47. The zero-order chi connectivity index (χ0) is 42.8. The number of nitrogens with one attached hydrogen (secondary N) is 3. The highest BCUT2D eigenvalue weighted by molar-refractivity contribution is 7.91. The van der Waals surface area contributed by atoms with Crippen molar-refractivity contribution in [3.05, 3.63) is 77.3 Å². The molecule has 2 aliphatic heterocycles. The van der Waals surface area contributed by atoms with Gasteiger partial charge in [-0.3, -0.25) is 19.1 Å². The Labute approximate surface area is 352 Å². The van der Waals surface area contributed by atoms with Crippen LogP contribution in [0.5, 0.6) is 0 Å². The zero-order valence-corrected chi connectivity index (χ0v) is 35.8. The number of thiazole rings is 1. The molecule has 318 valence electrons. The monoisotopic (exact) mass is 860 g/mol. The van der Waals surface area contributed by atoms with Crippen molar-refractivity contribution < 1.29 is 31.6 Å². The Hall–Kier alpha value is -5.03. The highest BCUT2D eigenvalue weighted by Gasteiger charge is 2.67.